The standard InChI is InChI=1S/C22H29F3N2O2/c1-2-4-15-7-9-16(10-8-15)20-18(13-26-21(29)17-5-3-6-17)27(19(20)14-28)12-11-22(23,24)25/h2,4,7-10,17-20,28H,3,5-6,11-14H2,1H3,(H,26,29)/b4-2+/t18-,19-,20-/m1/s1. The van der Waals surface area contributed by atoms with E-state index in [1.165, 1.54) is 0 Å². The van der Waals surface area contributed by atoms with Gasteiger partial charge in [0.1, 0.15) is 0 Å². The van der Waals surface area contributed by atoms with Crippen LogP contribution in [0.4, 0.5) is 13.2 Å². The van der Waals surface area contributed by atoms with Crippen LogP contribution in [0, 0.1) is 5.92 Å². The summed E-state index contributed by atoms with van der Waals surface area (Å²) in [4.78, 5) is 13.9. The molecule has 1 saturated heterocycles. The van der Waals surface area contributed by atoms with Crippen LogP contribution in [0.5, 0.6) is 0 Å². The summed E-state index contributed by atoms with van der Waals surface area (Å²) in [5, 5.41) is 12.8. The van der Waals surface area contributed by atoms with Gasteiger partial charge in [-0.25, -0.2) is 0 Å². The molecular weight excluding hydrogens is 381 g/mol. The lowest BCUT2D eigenvalue weighted by Gasteiger charge is -2.55. The zero-order chi connectivity index (χ0) is 21.0. The molecule has 29 heavy (non-hydrogen) atoms. The van der Waals surface area contributed by atoms with Crippen LogP contribution in [0.2, 0.25) is 0 Å². The topological polar surface area (TPSA) is 52.6 Å². The summed E-state index contributed by atoms with van der Waals surface area (Å²) in [6, 6.07) is 7.22. The summed E-state index contributed by atoms with van der Waals surface area (Å²) in [5.74, 6) is -0.0952. The Morgan fingerprint density at radius 2 is 1.93 bits per heavy atom. The van der Waals surface area contributed by atoms with Crippen LogP contribution < -0.4 is 5.32 Å². The van der Waals surface area contributed by atoms with Gasteiger partial charge < -0.3 is 10.4 Å². The maximum atomic E-state index is 12.8. The summed E-state index contributed by atoms with van der Waals surface area (Å²) < 4.78 is 38.3. The van der Waals surface area contributed by atoms with Gasteiger partial charge in [-0.1, -0.05) is 42.8 Å². The Morgan fingerprint density at radius 3 is 2.45 bits per heavy atom. The predicted molar refractivity (Wildman–Crippen MR) is 106 cm³/mol. The number of nitrogens with zero attached hydrogens (tertiary/aromatic N) is 1. The number of halogens is 3. The van der Waals surface area contributed by atoms with Gasteiger partial charge in [0.2, 0.25) is 5.91 Å². The molecule has 0 unspecified atom stereocenters. The fraction of sp³-hybridized carbons (Fsp3) is 0.591. The highest BCUT2D eigenvalue weighted by Gasteiger charge is 2.49. The number of rotatable bonds is 8. The Balaban J connectivity index is 1.74. The molecule has 7 heteroatoms. The molecule has 0 radical (unpaired) electrons. The van der Waals surface area contributed by atoms with Crippen molar-refractivity contribution in [3.05, 3.63) is 41.5 Å². The molecule has 0 aromatic heterocycles. The first-order chi connectivity index (χ1) is 13.8. The summed E-state index contributed by atoms with van der Waals surface area (Å²) in [7, 11) is 0. The number of amides is 1. The average molecular weight is 410 g/mol. The number of benzene rings is 1. The van der Waals surface area contributed by atoms with Crippen molar-refractivity contribution in [3.63, 3.8) is 0 Å². The fourth-order valence-corrected chi connectivity index (χ4v) is 4.35. The predicted octanol–water partition coefficient (Wildman–Crippen LogP) is 3.72. The molecule has 1 aliphatic carbocycles. The van der Waals surface area contributed by atoms with Crippen molar-refractivity contribution in [2.45, 2.75) is 56.8 Å². The maximum Gasteiger partial charge on any atom is 0.390 e. The molecule has 2 aliphatic rings. The van der Waals surface area contributed by atoms with E-state index in [0.29, 0.717) is 6.54 Å². The van der Waals surface area contributed by atoms with Crippen molar-refractivity contribution in [2.75, 3.05) is 19.7 Å². The van der Waals surface area contributed by atoms with Gasteiger partial charge in [-0.05, 0) is 30.9 Å². The van der Waals surface area contributed by atoms with Gasteiger partial charge in [0, 0.05) is 37.0 Å². The van der Waals surface area contributed by atoms with E-state index in [0.717, 1.165) is 30.4 Å². The van der Waals surface area contributed by atoms with Gasteiger partial charge in [0.25, 0.3) is 0 Å². The van der Waals surface area contributed by atoms with Crippen LogP contribution >= 0.6 is 0 Å². The highest BCUT2D eigenvalue weighted by atomic mass is 19.4. The monoisotopic (exact) mass is 410 g/mol. The van der Waals surface area contributed by atoms with E-state index in [2.05, 4.69) is 5.32 Å². The highest BCUT2D eigenvalue weighted by Crippen LogP contribution is 2.41. The number of hydrogen-bond acceptors (Lipinski definition) is 3. The Morgan fingerprint density at radius 1 is 1.24 bits per heavy atom. The smallest absolute Gasteiger partial charge is 0.390 e. The molecule has 3 atom stereocenters. The molecule has 1 amide bonds. The molecule has 1 aromatic carbocycles. The number of allylic oxidation sites excluding steroid dienone is 1. The summed E-state index contributed by atoms with van der Waals surface area (Å²) in [6.45, 7) is 1.84. The first kappa shape index (κ1) is 21.8. The number of likely N-dealkylation sites (tertiary alicyclic amines) is 1. The lowest BCUT2D eigenvalue weighted by molar-refractivity contribution is -0.151. The highest BCUT2D eigenvalue weighted by molar-refractivity contribution is 5.79. The molecule has 160 valence electrons. The van der Waals surface area contributed by atoms with Crippen LogP contribution in [0.3, 0.4) is 0 Å². The first-order valence-electron chi connectivity index (χ1n) is 10.3. The minimum Gasteiger partial charge on any atom is -0.395 e. The second-order valence-electron chi connectivity index (χ2n) is 7.99. The third-order valence-electron chi connectivity index (χ3n) is 6.16. The summed E-state index contributed by atoms with van der Waals surface area (Å²) >= 11 is 0. The second-order valence-corrected chi connectivity index (χ2v) is 7.99. The molecule has 0 bridgehead atoms. The van der Waals surface area contributed by atoms with E-state index < -0.39 is 12.6 Å². The van der Waals surface area contributed by atoms with Crippen LogP contribution in [0.15, 0.2) is 30.3 Å². The van der Waals surface area contributed by atoms with Gasteiger partial charge in [0.15, 0.2) is 0 Å². The molecule has 0 spiro atoms. The van der Waals surface area contributed by atoms with Crippen molar-refractivity contribution in [3.8, 4) is 0 Å². The molecule has 1 heterocycles. The SMILES string of the molecule is C/C=C/c1ccc([C@H]2[C@@H](CO)N(CCC(F)(F)F)[C@@H]2CNC(=O)C2CCC2)cc1. The zero-order valence-corrected chi connectivity index (χ0v) is 16.7. The Bertz CT molecular complexity index is 714. The quantitative estimate of drug-likeness (QED) is 0.687. The van der Waals surface area contributed by atoms with E-state index in [4.69, 9.17) is 0 Å². The van der Waals surface area contributed by atoms with E-state index in [1.54, 1.807) is 4.90 Å². The molecule has 2 N–H and O–H groups in total. The third-order valence-corrected chi connectivity index (χ3v) is 6.16. The Labute approximate surface area is 169 Å². The normalized spacial score (nSPS) is 25.6. The van der Waals surface area contributed by atoms with Gasteiger partial charge in [-0.3, -0.25) is 9.69 Å². The Hall–Kier alpha value is -1.86. The van der Waals surface area contributed by atoms with Gasteiger partial charge in [0.05, 0.1) is 13.0 Å². The molecule has 1 aliphatic heterocycles. The summed E-state index contributed by atoms with van der Waals surface area (Å²) in [6.07, 6.45) is 1.54. The number of aliphatic hydroxyl groups excluding tert-OH is 1. The number of carbonyl (C=O) groups excluding carboxylic acids is 1. The number of nitrogens with one attached hydrogen (secondary N) is 1. The van der Waals surface area contributed by atoms with Crippen molar-refractivity contribution >= 4 is 12.0 Å². The zero-order valence-electron chi connectivity index (χ0n) is 16.7. The van der Waals surface area contributed by atoms with Crippen LogP contribution in [0.25, 0.3) is 6.08 Å². The first-order valence-corrected chi connectivity index (χ1v) is 10.3. The molecule has 3 rings (SSSR count). The van der Waals surface area contributed by atoms with E-state index in [1.807, 2.05) is 43.3 Å². The molecular formula is C22H29F3N2O2. The van der Waals surface area contributed by atoms with Gasteiger partial charge in [-0.2, -0.15) is 13.2 Å². The Kier molecular flexibility index (Phi) is 7.01. The van der Waals surface area contributed by atoms with Crippen LogP contribution in [-0.4, -0.2) is 53.9 Å². The van der Waals surface area contributed by atoms with E-state index in [-0.39, 0.29) is 43.0 Å². The number of aliphatic hydroxyl groups is 1. The average Bonchev–Trinajstić information content (AvgIpc) is 2.60. The van der Waals surface area contributed by atoms with Crippen molar-refractivity contribution in [1.82, 2.24) is 10.2 Å². The van der Waals surface area contributed by atoms with Crippen molar-refractivity contribution in [2.24, 2.45) is 5.92 Å². The maximum absolute atomic E-state index is 12.8. The third kappa shape index (κ3) is 5.20. The van der Waals surface area contributed by atoms with Crippen LogP contribution in [-0.2, 0) is 4.79 Å². The second kappa shape index (κ2) is 9.30. The molecule has 2 fully saturated rings. The van der Waals surface area contributed by atoms with E-state index in [9.17, 15) is 23.1 Å². The minimum absolute atomic E-state index is 0.0124. The number of hydrogen-bond donors (Lipinski definition) is 2. The molecule has 1 aromatic rings. The fourth-order valence-electron chi connectivity index (χ4n) is 4.35. The number of alkyl halides is 3. The minimum atomic E-state index is -4.25. The summed E-state index contributed by atoms with van der Waals surface area (Å²) in [5.41, 5.74) is 2.02. The molecule has 1 saturated carbocycles. The van der Waals surface area contributed by atoms with Gasteiger partial charge >= 0.3 is 6.18 Å². The lowest BCUT2D eigenvalue weighted by atomic mass is 9.74. The van der Waals surface area contributed by atoms with Crippen molar-refractivity contribution < 1.29 is 23.1 Å². The van der Waals surface area contributed by atoms with Crippen molar-refractivity contribution in [1.29, 1.82) is 0 Å². The number of carbonyl (C=O) groups is 1. The van der Waals surface area contributed by atoms with Gasteiger partial charge in [-0.15, -0.1) is 0 Å². The molecule has 4 nitrogen and oxygen atoms in total. The van der Waals surface area contributed by atoms with Crippen LogP contribution in [0.1, 0.15) is 49.7 Å². The van der Waals surface area contributed by atoms with E-state index >= 15 is 0 Å². The lowest BCUT2D eigenvalue weighted by Crippen LogP contribution is -2.67. The largest absolute Gasteiger partial charge is 0.395 e.